The summed E-state index contributed by atoms with van der Waals surface area (Å²) < 4.78 is 0. The van der Waals surface area contributed by atoms with Gasteiger partial charge < -0.3 is 10.6 Å². The summed E-state index contributed by atoms with van der Waals surface area (Å²) in [5, 5.41) is 6.57. The number of aliphatic imine (C=N–C) groups is 1. The fourth-order valence-electron chi connectivity index (χ4n) is 4.70. The van der Waals surface area contributed by atoms with E-state index in [0.29, 0.717) is 13.1 Å². The molecule has 7 heteroatoms. The molecule has 3 aliphatic rings. The lowest BCUT2D eigenvalue weighted by atomic mass is 9.85. The lowest BCUT2D eigenvalue weighted by Gasteiger charge is -2.18. The molecular formula is C22H28N4O2S. The van der Waals surface area contributed by atoms with E-state index in [1.54, 1.807) is 18.8 Å². The number of imide groups is 1. The maximum atomic E-state index is 12.7. The van der Waals surface area contributed by atoms with E-state index in [1.165, 1.54) is 9.80 Å². The van der Waals surface area contributed by atoms with Crippen LogP contribution < -0.4 is 10.6 Å². The van der Waals surface area contributed by atoms with Crippen molar-refractivity contribution < 1.29 is 9.59 Å². The number of thioether (sulfide) groups is 1. The van der Waals surface area contributed by atoms with Gasteiger partial charge in [-0.15, -0.1) is 11.8 Å². The van der Waals surface area contributed by atoms with E-state index in [1.807, 2.05) is 18.2 Å². The number of nitrogens with zero attached hydrogens (tertiary/aromatic N) is 2. The summed E-state index contributed by atoms with van der Waals surface area (Å²) in [5.41, 5.74) is 0. The summed E-state index contributed by atoms with van der Waals surface area (Å²) in [4.78, 5) is 32.3. The first-order valence-electron chi connectivity index (χ1n) is 10.3. The Bertz CT molecular complexity index is 780. The topological polar surface area (TPSA) is 73.8 Å². The number of hydrogen-bond donors (Lipinski definition) is 2. The van der Waals surface area contributed by atoms with Gasteiger partial charge in [0.25, 0.3) is 0 Å². The average Bonchev–Trinajstić information content (AvgIpc) is 3.42. The van der Waals surface area contributed by atoms with Crippen LogP contribution in [-0.2, 0) is 9.59 Å². The van der Waals surface area contributed by atoms with Gasteiger partial charge in [0.15, 0.2) is 5.96 Å². The van der Waals surface area contributed by atoms with E-state index < -0.39 is 0 Å². The highest BCUT2D eigenvalue weighted by Gasteiger charge is 2.58. The minimum atomic E-state index is -0.0954. The van der Waals surface area contributed by atoms with Crippen molar-refractivity contribution in [3.63, 3.8) is 0 Å². The second-order valence-corrected chi connectivity index (χ2v) is 8.94. The van der Waals surface area contributed by atoms with Gasteiger partial charge in [0.05, 0.1) is 11.8 Å². The molecule has 1 saturated heterocycles. The number of nitrogens with one attached hydrogen (secondary N) is 2. The molecule has 0 spiro atoms. The van der Waals surface area contributed by atoms with Crippen LogP contribution in [0.2, 0.25) is 0 Å². The van der Waals surface area contributed by atoms with Gasteiger partial charge in [0.2, 0.25) is 11.8 Å². The third kappa shape index (κ3) is 4.20. The highest BCUT2D eigenvalue weighted by Crippen LogP contribution is 2.52. The van der Waals surface area contributed by atoms with E-state index in [-0.39, 0.29) is 35.5 Å². The van der Waals surface area contributed by atoms with Crippen molar-refractivity contribution in [3.05, 3.63) is 42.5 Å². The molecule has 2 fully saturated rings. The molecule has 1 aliphatic heterocycles. The number of carbonyl (C=O) groups is 2. The van der Waals surface area contributed by atoms with Crippen LogP contribution in [0, 0.1) is 23.7 Å². The van der Waals surface area contributed by atoms with Gasteiger partial charge in [-0.2, -0.15) is 0 Å². The highest BCUT2D eigenvalue weighted by atomic mass is 32.2. The molecular weight excluding hydrogens is 384 g/mol. The van der Waals surface area contributed by atoms with Crippen LogP contribution in [0.25, 0.3) is 0 Å². The SMILES string of the molecule is CN=C(NCCCN1C(=O)C2C3C=CC(C3)C2C1=O)NCCSc1ccccc1. The van der Waals surface area contributed by atoms with Gasteiger partial charge >= 0.3 is 0 Å². The minimum Gasteiger partial charge on any atom is -0.356 e. The van der Waals surface area contributed by atoms with Crippen molar-refractivity contribution in [2.75, 3.05) is 32.4 Å². The van der Waals surface area contributed by atoms with Crippen LogP contribution in [0.1, 0.15) is 12.8 Å². The van der Waals surface area contributed by atoms with Crippen molar-refractivity contribution >= 4 is 29.5 Å². The number of guanidine groups is 1. The second kappa shape index (κ2) is 9.03. The monoisotopic (exact) mass is 412 g/mol. The van der Waals surface area contributed by atoms with Crippen LogP contribution >= 0.6 is 11.8 Å². The Morgan fingerprint density at radius 3 is 2.38 bits per heavy atom. The third-order valence-electron chi connectivity index (χ3n) is 6.04. The summed E-state index contributed by atoms with van der Waals surface area (Å²) >= 11 is 1.80. The minimum absolute atomic E-state index is 0.0392. The third-order valence-corrected chi connectivity index (χ3v) is 7.06. The number of rotatable bonds is 8. The predicted octanol–water partition coefficient (Wildman–Crippen LogP) is 2.14. The van der Waals surface area contributed by atoms with Crippen LogP contribution in [0.4, 0.5) is 0 Å². The van der Waals surface area contributed by atoms with E-state index in [0.717, 1.165) is 31.1 Å². The molecule has 2 aliphatic carbocycles. The summed E-state index contributed by atoms with van der Waals surface area (Å²) in [6.45, 7) is 1.96. The van der Waals surface area contributed by atoms with Gasteiger partial charge in [0.1, 0.15) is 0 Å². The van der Waals surface area contributed by atoms with Crippen LogP contribution in [0.5, 0.6) is 0 Å². The first-order chi connectivity index (χ1) is 14.2. The van der Waals surface area contributed by atoms with Gasteiger partial charge in [-0.25, -0.2) is 0 Å². The zero-order chi connectivity index (χ0) is 20.2. The summed E-state index contributed by atoms with van der Waals surface area (Å²) in [6, 6.07) is 10.3. The van der Waals surface area contributed by atoms with Crippen molar-refractivity contribution in [1.82, 2.24) is 15.5 Å². The van der Waals surface area contributed by atoms with Gasteiger partial charge in [-0.3, -0.25) is 19.5 Å². The van der Waals surface area contributed by atoms with Gasteiger partial charge in [-0.05, 0) is 36.8 Å². The molecule has 0 radical (unpaired) electrons. The lowest BCUT2D eigenvalue weighted by molar-refractivity contribution is -0.140. The molecule has 1 heterocycles. The molecule has 2 bridgehead atoms. The zero-order valence-corrected chi connectivity index (χ0v) is 17.5. The molecule has 29 heavy (non-hydrogen) atoms. The smallest absolute Gasteiger partial charge is 0.233 e. The number of carbonyl (C=O) groups excluding carboxylic acids is 2. The van der Waals surface area contributed by atoms with E-state index >= 15 is 0 Å². The highest BCUT2D eigenvalue weighted by molar-refractivity contribution is 7.99. The number of benzene rings is 1. The number of allylic oxidation sites excluding steroid dienone is 2. The van der Waals surface area contributed by atoms with Crippen LogP contribution in [0.15, 0.2) is 52.4 Å². The van der Waals surface area contributed by atoms with Crippen molar-refractivity contribution in [2.24, 2.45) is 28.7 Å². The lowest BCUT2D eigenvalue weighted by Crippen LogP contribution is -2.40. The molecule has 2 N–H and O–H groups in total. The second-order valence-electron chi connectivity index (χ2n) is 7.77. The molecule has 154 valence electrons. The van der Waals surface area contributed by atoms with Crippen molar-refractivity contribution in [3.8, 4) is 0 Å². The molecule has 1 aromatic rings. The Hall–Kier alpha value is -2.28. The van der Waals surface area contributed by atoms with Gasteiger partial charge in [-0.1, -0.05) is 30.4 Å². The first kappa shape index (κ1) is 20.0. The normalized spacial score (nSPS) is 27.6. The predicted molar refractivity (Wildman–Crippen MR) is 116 cm³/mol. The fraction of sp³-hybridized carbons (Fsp3) is 0.500. The number of hydrogen-bond acceptors (Lipinski definition) is 4. The molecule has 1 aromatic carbocycles. The number of amides is 2. The molecule has 4 atom stereocenters. The maximum Gasteiger partial charge on any atom is 0.233 e. The van der Waals surface area contributed by atoms with Crippen LogP contribution in [-0.4, -0.2) is 55.1 Å². The average molecular weight is 413 g/mol. The van der Waals surface area contributed by atoms with Crippen molar-refractivity contribution in [2.45, 2.75) is 17.7 Å². The Morgan fingerprint density at radius 1 is 1.07 bits per heavy atom. The molecule has 0 aromatic heterocycles. The maximum absolute atomic E-state index is 12.7. The Labute approximate surface area is 176 Å². The molecule has 1 saturated carbocycles. The fourth-order valence-corrected chi connectivity index (χ4v) is 5.49. The molecule has 6 nitrogen and oxygen atoms in total. The Morgan fingerprint density at radius 2 is 1.72 bits per heavy atom. The largest absolute Gasteiger partial charge is 0.356 e. The van der Waals surface area contributed by atoms with E-state index in [2.05, 4.69) is 39.9 Å². The van der Waals surface area contributed by atoms with E-state index in [4.69, 9.17) is 0 Å². The van der Waals surface area contributed by atoms with Gasteiger partial charge in [0, 0.05) is 37.3 Å². The standard InChI is InChI=1S/C22H28N4O2S/c1-23-22(25-11-13-29-17-6-3-2-4-7-17)24-10-5-12-26-20(27)18-15-8-9-16(14-15)19(18)21(26)28/h2-4,6-9,15-16,18-19H,5,10-14H2,1H3,(H2,23,24,25). The quantitative estimate of drug-likeness (QED) is 0.171. The number of likely N-dealkylation sites (tertiary alicyclic amines) is 1. The van der Waals surface area contributed by atoms with Crippen LogP contribution in [0.3, 0.4) is 0 Å². The Kier molecular flexibility index (Phi) is 6.23. The number of fused-ring (bicyclic) bond motifs is 5. The molecule has 4 rings (SSSR count). The van der Waals surface area contributed by atoms with E-state index in [9.17, 15) is 9.59 Å². The summed E-state index contributed by atoms with van der Waals surface area (Å²) in [6.07, 6.45) is 5.97. The first-order valence-corrected chi connectivity index (χ1v) is 11.3. The Balaban J connectivity index is 1.15. The molecule has 4 unspecified atom stereocenters. The summed E-state index contributed by atoms with van der Waals surface area (Å²) in [5.74, 6) is 2.14. The zero-order valence-electron chi connectivity index (χ0n) is 16.7. The van der Waals surface area contributed by atoms with Crippen molar-refractivity contribution in [1.29, 1.82) is 0 Å². The molecule has 2 amide bonds. The summed E-state index contributed by atoms with van der Waals surface area (Å²) in [7, 11) is 1.75.